The highest BCUT2D eigenvalue weighted by atomic mass is 127. The number of ketones is 1. The predicted molar refractivity (Wildman–Crippen MR) is 163 cm³/mol. The van der Waals surface area contributed by atoms with Crippen LogP contribution >= 0.6 is 34.2 Å². The zero-order valence-corrected chi connectivity index (χ0v) is 25.4. The molecule has 0 unspecified atom stereocenters. The largest absolute Gasteiger partial charge is 0.350 e. The van der Waals surface area contributed by atoms with Crippen molar-refractivity contribution in [2.45, 2.75) is 55.8 Å². The fourth-order valence-electron chi connectivity index (χ4n) is 5.48. The van der Waals surface area contributed by atoms with E-state index >= 15 is 0 Å². The molecule has 2 N–H and O–H groups in total. The molecule has 9 nitrogen and oxygen atoms in total. The zero-order valence-electron chi connectivity index (χ0n) is 22.5. The normalized spacial score (nSPS) is 18.6. The molecule has 0 aliphatic carbocycles. The fraction of sp³-hybridized carbons (Fsp3) is 0.379. The van der Waals surface area contributed by atoms with Gasteiger partial charge in [-0.25, -0.2) is 9.18 Å². The van der Waals surface area contributed by atoms with Gasteiger partial charge in [-0.15, -0.1) is 0 Å². The molecule has 2 aliphatic rings. The minimum atomic E-state index is -0.701. The van der Waals surface area contributed by atoms with E-state index in [9.17, 15) is 23.6 Å². The summed E-state index contributed by atoms with van der Waals surface area (Å²) >= 11 is 8.01. The lowest BCUT2D eigenvalue weighted by atomic mass is 10.1. The molecule has 2 atom stereocenters. The summed E-state index contributed by atoms with van der Waals surface area (Å²) in [5.74, 6) is -1.38. The van der Waals surface area contributed by atoms with E-state index in [0.717, 1.165) is 25.9 Å². The number of urea groups is 1. The van der Waals surface area contributed by atoms with Gasteiger partial charge in [-0.05, 0) is 56.9 Å². The number of alkyl halides is 1. The smallest absolute Gasteiger partial charge is 0.321 e. The Kier molecular flexibility index (Phi) is 8.83. The molecule has 2 saturated heterocycles. The molecule has 1 aromatic heterocycles. The summed E-state index contributed by atoms with van der Waals surface area (Å²) in [6, 6.07) is 9.01. The molecule has 2 aromatic carbocycles. The van der Waals surface area contributed by atoms with Gasteiger partial charge in [0.25, 0.3) is 0 Å². The van der Waals surface area contributed by atoms with Gasteiger partial charge in [0.2, 0.25) is 11.8 Å². The number of hydrogen-bond acceptors (Lipinski definition) is 4. The third-order valence-corrected chi connectivity index (χ3v) is 9.12. The van der Waals surface area contributed by atoms with E-state index in [-0.39, 0.29) is 51.4 Å². The Bertz CT molecular complexity index is 1520. The summed E-state index contributed by atoms with van der Waals surface area (Å²) < 4.78 is 15.8. The summed E-state index contributed by atoms with van der Waals surface area (Å²) in [6.07, 6.45) is 4.73. The minimum absolute atomic E-state index is 0.0216. The Morgan fingerprint density at radius 2 is 1.85 bits per heavy atom. The Balaban J connectivity index is 1.32. The van der Waals surface area contributed by atoms with Crippen LogP contribution in [0.15, 0.2) is 42.6 Å². The average Bonchev–Trinajstić information content (AvgIpc) is 3.69. The molecule has 3 heterocycles. The van der Waals surface area contributed by atoms with Gasteiger partial charge in [-0.2, -0.15) is 0 Å². The van der Waals surface area contributed by atoms with Crippen LogP contribution in [0.5, 0.6) is 0 Å². The number of nitrogens with zero attached hydrogens (tertiary/aromatic N) is 3. The van der Waals surface area contributed by atoms with Crippen molar-refractivity contribution in [1.82, 2.24) is 19.7 Å². The van der Waals surface area contributed by atoms with E-state index in [1.165, 1.54) is 13.0 Å². The van der Waals surface area contributed by atoms with Crippen LogP contribution in [0.3, 0.4) is 0 Å². The highest BCUT2D eigenvalue weighted by molar-refractivity contribution is 14.1. The van der Waals surface area contributed by atoms with Crippen molar-refractivity contribution in [1.29, 1.82) is 0 Å². The number of anilines is 1. The number of likely N-dealkylation sites (tertiary alicyclic amines) is 2. The number of benzene rings is 2. The standard InChI is InChI=1S/C29H30ClFIN5O4/c1-17(38)21-15-36(23-8-7-19(13-20(21)23)34-29(41)35-11-2-3-12-35)16-26(39)37-24(9-10-25(37)32)28(40)33-14-18-5-4-6-22(30)27(18)31/h4-8,13,15,24-25H,2-3,9-12,14,16H2,1H3,(H,33,40)(H,34,41)/t24-,25-/m0/s1. The van der Waals surface area contributed by atoms with Gasteiger partial charge in [0.05, 0.1) is 9.07 Å². The topological polar surface area (TPSA) is 104 Å². The van der Waals surface area contributed by atoms with Crippen LogP contribution in [-0.2, 0) is 22.7 Å². The minimum Gasteiger partial charge on any atom is -0.350 e. The fourth-order valence-corrected chi connectivity index (χ4v) is 6.73. The number of carbonyl (C=O) groups excluding carboxylic acids is 4. The van der Waals surface area contributed by atoms with Gasteiger partial charge in [0, 0.05) is 53.5 Å². The number of halogens is 3. The second-order valence-corrected chi connectivity index (χ2v) is 12.2. The monoisotopic (exact) mass is 693 g/mol. The molecule has 41 heavy (non-hydrogen) atoms. The molecule has 4 amide bonds. The molecule has 2 fully saturated rings. The lowest BCUT2D eigenvalue weighted by molar-refractivity contribution is -0.139. The molecule has 12 heteroatoms. The number of nitrogens with one attached hydrogen (secondary N) is 2. The number of amides is 4. The van der Waals surface area contributed by atoms with E-state index in [0.29, 0.717) is 35.0 Å². The molecular weight excluding hydrogens is 664 g/mol. The average molecular weight is 694 g/mol. The maximum absolute atomic E-state index is 14.3. The van der Waals surface area contributed by atoms with Crippen LogP contribution in [0.2, 0.25) is 5.02 Å². The van der Waals surface area contributed by atoms with E-state index < -0.39 is 11.9 Å². The lowest BCUT2D eigenvalue weighted by Gasteiger charge is -2.27. The van der Waals surface area contributed by atoms with Crippen LogP contribution < -0.4 is 10.6 Å². The highest BCUT2D eigenvalue weighted by Gasteiger charge is 2.39. The second kappa shape index (κ2) is 12.4. The number of rotatable bonds is 7. The van der Waals surface area contributed by atoms with E-state index in [4.69, 9.17) is 11.6 Å². The van der Waals surface area contributed by atoms with Crippen LogP contribution in [0.25, 0.3) is 10.9 Å². The van der Waals surface area contributed by atoms with Gasteiger partial charge in [-0.3, -0.25) is 14.4 Å². The molecular formula is C29H30ClFIN5O4. The van der Waals surface area contributed by atoms with Gasteiger partial charge in [0.1, 0.15) is 18.4 Å². The summed E-state index contributed by atoms with van der Waals surface area (Å²) in [7, 11) is 0. The molecule has 0 spiro atoms. The summed E-state index contributed by atoms with van der Waals surface area (Å²) in [4.78, 5) is 55.1. The second-order valence-electron chi connectivity index (χ2n) is 10.3. The maximum Gasteiger partial charge on any atom is 0.321 e. The molecule has 3 aromatic rings. The Labute approximate surface area is 255 Å². The van der Waals surface area contributed by atoms with Crippen molar-refractivity contribution in [2.24, 2.45) is 0 Å². The quantitative estimate of drug-likeness (QED) is 0.151. The van der Waals surface area contributed by atoms with Gasteiger partial charge >= 0.3 is 6.03 Å². The first kappa shape index (κ1) is 29.3. The van der Waals surface area contributed by atoms with Gasteiger partial charge in [-0.1, -0.05) is 46.3 Å². The third kappa shape index (κ3) is 6.20. The number of Topliss-reactive ketones (excluding diaryl/α,β-unsaturated/α-hetero) is 1. The Hall–Kier alpha value is -3.19. The van der Waals surface area contributed by atoms with Gasteiger partial charge in [0.15, 0.2) is 5.78 Å². The van der Waals surface area contributed by atoms with Crippen molar-refractivity contribution in [3.8, 4) is 0 Å². The van der Waals surface area contributed by atoms with Crippen LogP contribution in [0.1, 0.15) is 48.5 Å². The third-order valence-electron chi connectivity index (χ3n) is 7.60. The number of aromatic nitrogens is 1. The van der Waals surface area contributed by atoms with Crippen molar-refractivity contribution in [3.63, 3.8) is 0 Å². The first-order valence-corrected chi connectivity index (χ1v) is 15.1. The van der Waals surface area contributed by atoms with E-state index in [1.54, 1.807) is 50.9 Å². The zero-order chi connectivity index (χ0) is 29.3. The highest BCUT2D eigenvalue weighted by Crippen LogP contribution is 2.31. The molecule has 5 rings (SSSR count). The van der Waals surface area contributed by atoms with Crippen LogP contribution in [0.4, 0.5) is 14.9 Å². The van der Waals surface area contributed by atoms with Crippen LogP contribution in [0, 0.1) is 5.82 Å². The van der Waals surface area contributed by atoms with Crippen LogP contribution in [-0.4, -0.2) is 61.2 Å². The molecule has 2 aliphatic heterocycles. The maximum atomic E-state index is 14.3. The van der Waals surface area contributed by atoms with E-state index in [2.05, 4.69) is 33.2 Å². The summed E-state index contributed by atoms with van der Waals surface area (Å²) in [6.45, 7) is 2.78. The van der Waals surface area contributed by atoms with Crippen molar-refractivity contribution in [2.75, 3.05) is 18.4 Å². The molecule has 216 valence electrons. The van der Waals surface area contributed by atoms with Crippen molar-refractivity contribution in [3.05, 3.63) is 64.6 Å². The first-order chi connectivity index (χ1) is 19.6. The van der Waals surface area contributed by atoms with Crippen molar-refractivity contribution >= 4 is 74.4 Å². The first-order valence-electron chi connectivity index (χ1n) is 13.5. The number of fused-ring (bicyclic) bond motifs is 1. The Morgan fingerprint density at radius 1 is 1.10 bits per heavy atom. The van der Waals surface area contributed by atoms with Crippen molar-refractivity contribution < 1.29 is 23.6 Å². The van der Waals surface area contributed by atoms with Gasteiger partial charge < -0.3 is 25.0 Å². The number of carbonyl (C=O) groups is 4. The lowest BCUT2D eigenvalue weighted by Crippen LogP contribution is -2.48. The predicted octanol–water partition coefficient (Wildman–Crippen LogP) is 5.33. The molecule has 0 radical (unpaired) electrons. The molecule has 0 saturated carbocycles. The summed E-state index contributed by atoms with van der Waals surface area (Å²) in [5, 5.41) is 6.26. The van der Waals surface area contributed by atoms with E-state index in [1.807, 2.05) is 0 Å². The number of hydrogen-bond donors (Lipinski definition) is 2. The Morgan fingerprint density at radius 3 is 2.59 bits per heavy atom. The molecule has 0 bridgehead atoms. The SMILES string of the molecule is CC(=O)c1cn(CC(=O)N2[C@H](I)CC[C@H]2C(=O)NCc2cccc(Cl)c2F)c2ccc(NC(=O)N3CCCC3)cc12. The summed E-state index contributed by atoms with van der Waals surface area (Å²) in [5.41, 5.74) is 1.94.